The number of phenolic OH excluding ortho intramolecular Hbond substituents is 1. The number of hydrogen-bond acceptors (Lipinski definition) is 6. The van der Waals surface area contributed by atoms with Gasteiger partial charge in [0, 0.05) is 23.3 Å². The molecule has 2 aromatic carbocycles. The lowest BCUT2D eigenvalue weighted by atomic mass is 10.2. The Morgan fingerprint density at radius 2 is 1.96 bits per heavy atom. The molecule has 6 nitrogen and oxygen atoms in total. The van der Waals surface area contributed by atoms with Crippen molar-refractivity contribution in [3.8, 4) is 11.5 Å². The molecule has 0 bridgehead atoms. The summed E-state index contributed by atoms with van der Waals surface area (Å²) in [5.74, 6) is 0.0666. The summed E-state index contributed by atoms with van der Waals surface area (Å²) in [7, 11) is 1.44. The van der Waals surface area contributed by atoms with Crippen LogP contribution in [0.1, 0.15) is 5.56 Å². The number of hydrogen-bond donors (Lipinski definition) is 2. The second-order valence-corrected chi connectivity index (χ2v) is 6.55. The highest BCUT2D eigenvalue weighted by Gasteiger charge is 2.05. The third-order valence-corrected chi connectivity index (χ3v) is 4.41. The summed E-state index contributed by atoms with van der Waals surface area (Å²) >= 11 is 1.63. The van der Waals surface area contributed by atoms with Crippen molar-refractivity contribution in [1.82, 2.24) is 5.32 Å². The van der Waals surface area contributed by atoms with E-state index in [0.717, 1.165) is 10.6 Å². The zero-order valence-corrected chi connectivity index (χ0v) is 15.7. The van der Waals surface area contributed by atoms with Crippen LogP contribution in [0.15, 0.2) is 59.5 Å². The average Bonchev–Trinajstić information content (AvgIpc) is 2.69. The van der Waals surface area contributed by atoms with Crippen LogP contribution in [-0.2, 0) is 14.3 Å². The molecule has 142 valence electrons. The maximum atomic E-state index is 11.7. The first-order valence-electron chi connectivity index (χ1n) is 8.25. The molecule has 0 radical (unpaired) electrons. The number of thioether (sulfide) groups is 1. The fraction of sp³-hybridized carbons (Fsp3) is 0.200. The third kappa shape index (κ3) is 7.45. The van der Waals surface area contributed by atoms with Crippen molar-refractivity contribution in [2.45, 2.75) is 4.90 Å². The molecule has 0 unspecified atom stereocenters. The summed E-state index contributed by atoms with van der Waals surface area (Å²) in [6.07, 6.45) is 2.73. The molecule has 0 aliphatic carbocycles. The molecule has 0 fully saturated rings. The molecule has 0 heterocycles. The van der Waals surface area contributed by atoms with E-state index in [4.69, 9.17) is 9.47 Å². The molecule has 7 heteroatoms. The van der Waals surface area contributed by atoms with Crippen LogP contribution in [0.25, 0.3) is 6.08 Å². The highest BCUT2D eigenvalue weighted by Crippen LogP contribution is 2.26. The highest BCUT2D eigenvalue weighted by atomic mass is 32.2. The summed E-state index contributed by atoms with van der Waals surface area (Å²) in [4.78, 5) is 24.5. The minimum atomic E-state index is -0.629. The quantitative estimate of drug-likeness (QED) is 0.298. The molecule has 2 N–H and O–H groups in total. The van der Waals surface area contributed by atoms with Gasteiger partial charge in [-0.25, -0.2) is 4.79 Å². The van der Waals surface area contributed by atoms with Crippen LogP contribution >= 0.6 is 11.8 Å². The number of nitrogens with one attached hydrogen (secondary N) is 1. The number of amides is 1. The fourth-order valence-electron chi connectivity index (χ4n) is 2.07. The molecule has 0 aromatic heterocycles. The molecule has 0 aliphatic heterocycles. The Labute approximate surface area is 162 Å². The van der Waals surface area contributed by atoms with E-state index < -0.39 is 5.97 Å². The van der Waals surface area contributed by atoms with Gasteiger partial charge in [0.25, 0.3) is 5.91 Å². The van der Waals surface area contributed by atoms with Crippen LogP contribution in [0.5, 0.6) is 11.5 Å². The lowest BCUT2D eigenvalue weighted by Gasteiger charge is -2.06. The fourth-order valence-corrected chi connectivity index (χ4v) is 2.86. The van der Waals surface area contributed by atoms with Gasteiger partial charge in [0.05, 0.1) is 7.11 Å². The van der Waals surface area contributed by atoms with Crippen LogP contribution in [-0.4, -0.2) is 43.0 Å². The summed E-state index contributed by atoms with van der Waals surface area (Å²) < 4.78 is 9.89. The first-order chi connectivity index (χ1) is 13.1. The van der Waals surface area contributed by atoms with E-state index >= 15 is 0 Å². The Balaban J connectivity index is 1.66. The average molecular weight is 387 g/mol. The van der Waals surface area contributed by atoms with Gasteiger partial charge in [-0.3, -0.25) is 4.79 Å². The monoisotopic (exact) mass is 387 g/mol. The molecule has 2 aromatic rings. The Hall–Kier alpha value is -2.93. The van der Waals surface area contributed by atoms with Crippen molar-refractivity contribution in [2.75, 3.05) is 26.0 Å². The van der Waals surface area contributed by atoms with E-state index in [9.17, 15) is 14.7 Å². The van der Waals surface area contributed by atoms with Gasteiger partial charge in [0.2, 0.25) is 0 Å². The zero-order valence-electron chi connectivity index (χ0n) is 14.9. The molecule has 0 atom stereocenters. The number of ether oxygens (including phenoxy) is 2. The van der Waals surface area contributed by atoms with E-state index in [-0.39, 0.29) is 18.3 Å². The van der Waals surface area contributed by atoms with Gasteiger partial charge < -0.3 is 19.9 Å². The lowest BCUT2D eigenvalue weighted by Crippen LogP contribution is -2.30. The van der Waals surface area contributed by atoms with E-state index in [1.807, 2.05) is 30.3 Å². The van der Waals surface area contributed by atoms with Gasteiger partial charge >= 0.3 is 5.97 Å². The van der Waals surface area contributed by atoms with E-state index in [1.165, 1.54) is 25.3 Å². The molecule has 27 heavy (non-hydrogen) atoms. The molecule has 0 saturated heterocycles. The Morgan fingerprint density at radius 3 is 2.70 bits per heavy atom. The summed E-state index contributed by atoms with van der Waals surface area (Å²) in [5.41, 5.74) is 0.656. The van der Waals surface area contributed by atoms with Crippen LogP contribution in [0.4, 0.5) is 0 Å². The Morgan fingerprint density at radius 1 is 1.19 bits per heavy atom. The van der Waals surface area contributed by atoms with Crippen LogP contribution < -0.4 is 10.1 Å². The number of carbonyl (C=O) groups is 2. The number of rotatable bonds is 9. The molecular weight excluding hydrogens is 366 g/mol. The predicted molar refractivity (Wildman–Crippen MR) is 105 cm³/mol. The van der Waals surface area contributed by atoms with Crippen molar-refractivity contribution in [2.24, 2.45) is 0 Å². The van der Waals surface area contributed by atoms with Crippen molar-refractivity contribution in [3.05, 3.63) is 60.2 Å². The number of phenols is 1. The number of esters is 1. The Kier molecular flexibility index (Phi) is 8.25. The van der Waals surface area contributed by atoms with E-state index in [2.05, 4.69) is 5.32 Å². The predicted octanol–water partition coefficient (Wildman–Crippen LogP) is 2.87. The van der Waals surface area contributed by atoms with Crippen LogP contribution in [0.3, 0.4) is 0 Å². The molecular formula is C20H21NO5S. The number of carbonyl (C=O) groups excluding carboxylic acids is 2. The summed E-state index contributed by atoms with van der Waals surface area (Å²) in [6.45, 7) is 0.150. The minimum Gasteiger partial charge on any atom is -0.504 e. The molecule has 0 aliphatic rings. The van der Waals surface area contributed by atoms with Gasteiger partial charge in [0.15, 0.2) is 18.1 Å². The largest absolute Gasteiger partial charge is 0.504 e. The van der Waals surface area contributed by atoms with Crippen LogP contribution in [0, 0.1) is 0 Å². The normalized spacial score (nSPS) is 10.6. The van der Waals surface area contributed by atoms with Crippen molar-refractivity contribution >= 4 is 29.7 Å². The maximum absolute atomic E-state index is 11.7. The highest BCUT2D eigenvalue weighted by molar-refractivity contribution is 7.99. The lowest BCUT2D eigenvalue weighted by molar-refractivity contribution is -0.143. The van der Waals surface area contributed by atoms with Crippen LogP contribution in [0.2, 0.25) is 0 Å². The molecule has 0 saturated carbocycles. The number of benzene rings is 2. The Bertz CT molecular complexity index is 792. The van der Waals surface area contributed by atoms with Gasteiger partial charge in [-0.2, -0.15) is 0 Å². The molecule has 2 rings (SSSR count). The van der Waals surface area contributed by atoms with Gasteiger partial charge in [-0.05, 0) is 35.9 Å². The third-order valence-electron chi connectivity index (χ3n) is 3.40. The first kappa shape index (κ1) is 20.4. The topological polar surface area (TPSA) is 84.9 Å². The van der Waals surface area contributed by atoms with E-state index in [1.54, 1.807) is 23.9 Å². The zero-order chi connectivity index (χ0) is 19.5. The standard InChI is InChI=1S/C20H21NO5S/c1-25-18-13-15(7-9-17(18)22)8-10-20(24)26-14-19(23)21-11-12-27-16-5-3-2-4-6-16/h2-10,13,22H,11-12,14H2,1H3,(H,21,23)/b10-8+. The summed E-state index contributed by atoms with van der Waals surface area (Å²) in [6, 6.07) is 14.5. The minimum absolute atomic E-state index is 0.0133. The van der Waals surface area contributed by atoms with E-state index in [0.29, 0.717) is 17.9 Å². The summed E-state index contributed by atoms with van der Waals surface area (Å²) in [5, 5.41) is 12.2. The molecule has 1 amide bonds. The van der Waals surface area contributed by atoms with Crippen molar-refractivity contribution in [1.29, 1.82) is 0 Å². The van der Waals surface area contributed by atoms with Gasteiger partial charge in [0.1, 0.15) is 0 Å². The van der Waals surface area contributed by atoms with Gasteiger partial charge in [-0.15, -0.1) is 11.8 Å². The van der Waals surface area contributed by atoms with Crippen molar-refractivity contribution in [3.63, 3.8) is 0 Å². The molecule has 0 spiro atoms. The second-order valence-electron chi connectivity index (χ2n) is 5.38. The van der Waals surface area contributed by atoms with Gasteiger partial charge in [-0.1, -0.05) is 24.3 Å². The second kappa shape index (κ2) is 10.9. The SMILES string of the molecule is COc1cc(/C=C/C(=O)OCC(=O)NCCSc2ccccc2)ccc1O. The first-order valence-corrected chi connectivity index (χ1v) is 9.23. The maximum Gasteiger partial charge on any atom is 0.331 e. The number of methoxy groups -OCH3 is 1. The smallest absolute Gasteiger partial charge is 0.331 e. The van der Waals surface area contributed by atoms with Crippen molar-refractivity contribution < 1.29 is 24.2 Å². The number of aromatic hydroxyl groups is 1.